The number of carboxylic acids is 1. The second-order valence-electron chi connectivity index (χ2n) is 5.53. The van der Waals surface area contributed by atoms with Gasteiger partial charge >= 0.3 is 5.97 Å². The van der Waals surface area contributed by atoms with E-state index in [1.54, 1.807) is 23.2 Å². The van der Waals surface area contributed by atoms with Crippen LogP contribution >= 0.6 is 0 Å². The maximum Gasteiger partial charge on any atom is 0.326 e. The first kappa shape index (κ1) is 15.2. The predicted octanol–water partition coefficient (Wildman–Crippen LogP) is 1.45. The first-order chi connectivity index (χ1) is 11.1. The molecule has 7 nitrogen and oxygen atoms in total. The van der Waals surface area contributed by atoms with Crippen molar-refractivity contribution >= 4 is 11.8 Å². The summed E-state index contributed by atoms with van der Waals surface area (Å²) in [5, 5.41) is 9.25. The van der Waals surface area contributed by atoms with E-state index in [1.807, 2.05) is 6.92 Å². The summed E-state index contributed by atoms with van der Waals surface area (Å²) in [6.07, 6.45) is 3.76. The molecule has 0 spiro atoms. The van der Waals surface area contributed by atoms with Gasteiger partial charge in [0.2, 0.25) is 0 Å². The molecule has 0 amide bonds. The van der Waals surface area contributed by atoms with E-state index in [-0.39, 0.29) is 5.56 Å². The third-order valence-corrected chi connectivity index (χ3v) is 4.01. The number of anilines is 1. The highest BCUT2D eigenvalue weighted by atomic mass is 16.4. The number of carbonyl (C=O) groups is 1. The number of aromatic nitrogens is 3. The van der Waals surface area contributed by atoms with Crippen LogP contribution in [0, 0.1) is 0 Å². The quantitative estimate of drug-likeness (QED) is 0.886. The first-order valence-electron chi connectivity index (χ1n) is 7.64. The molecule has 1 aliphatic rings. The molecule has 0 aliphatic carbocycles. The van der Waals surface area contributed by atoms with Crippen LogP contribution in [-0.2, 0) is 11.2 Å². The van der Waals surface area contributed by atoms with Crippen molar-refractivity contribution in [3.05, 3.63) is 40.4 Å². The Morgan fingerprint density at radius 1 is 1.48 bits per heavy atom. The molecule has 2 aromatic rings. The molecule has 2 N–H and O–H groups in total. The van der Waals surface area contributed by atoms with E-state index in [0.717, 1.165) is 12.1 Å². The molecular weight excluding hydrogens is 296 g/mol. The van der Waals surface area contributed by atoms with Crippen molar-refractivity contribution in [2.75, 3.05) is 11.4 Å². The van der Waals surface area contributed by atoms with Crippen molar-refractivity contribution in [2.45, 2.75) is 32.2 Å². The van der Waals surface area contributed by atoms with Gasteiger partial charge in [0.1, 0.15) is 17.7 Å². The Labute approximate surface area is 133 Å². The van der Waals surface area contributed by atoms with Crippen LogP contribution in [0.2, 0.25) is 0 Å². The number of aryl methyl sites for hydroxylation is 1. The van der Waals surface area contributed by atoms with Crippen LogP contribution in [-0.4, -0.2) is 38.6 Å². The monoisotopic (exact) mass is 314 g/mol. The minimum atomic E-state index is -0.824. The van der Waals surface area contributed by atoms with Gasteiger partial charge in [-0.15, -0.1) is 0 Å². The summed E-state index contributed by atoms with van der Waals surface area (Å²) in [5.74, 6) is 0.285. The number of pyridine rings is 1. The van der Waals surface area contributed by atoms with E-state index in [2.05, 4.69) is 15.0 Å². The molecule has 23 heavy (non-hydrogen) atoms. The van der Waals surface area contributed by atoms with Crippen molar-refractivity contribution < 1.29 is 9.90 Å². The highest BCUT2D eigenvalue weighted by molar-refractivity contribution is 5.78. The highest BCUT2D eigenvalue weighted by Gasteiger charge is 2.31. The van der Waals surface area contributed by atoms with Crippen LogP contribution < -0.4 is 10.5 Å². The Morgan fingerprint density at radius 3 is 2.96 bits per heavy atom. The smallest absolute Gasteiger partial charge is 0.326 e. The van der Waals surface area contributed by atoms with Crippen molar-refractivity contribution in [1.29, 1.82) is 0 Å². The summed E-state index contributed by atoms with van der Waals surface area (Å²) in [6, 6.07) is 4.54. The Balaban J connectivity index is 1.89. The summed E-state index contributed by atoms with van der Waals surface area (Å²) >= 11 is 0. The summed E-state index contributed by atoms with van der Waals surface area (Å²) in [6.45, 7) is 2.62. The third kappa shape index (κ3) is 3.08. The molecule has 120 valence electrons. The number of nitrogens with zero attached hydrogens (tertiary/aromatic N) is 3. The van der Waals surface area contributed by atoms with Crippen molar-refractivity contribution in [3.8, 4) is 11.4 Å². The van der Waals surface area contributed by atoms with E-state index in [9.17, 15) is 14.7 Å². The fourth-order valence-electron chi connectivity index (χ4n) is 2.82. The fourth-order valence-corrected chi connectivity index (χ4v) is 2.82. The number of rotatable bonds is 4. The molecular formula is C16H18N4O3. The van der Waals surface area contributed by atoms with E-state index in [1.165, 1.54) is 6.07 Å². The molecule has 1 unspecified atom stereocenters. The standard InChI is InChI=1S/C16H18N4O3/c1-2-11-8-14(21)19-15(18-11)10-5-6-13(17-9-10)20-7-3-4-12(20)16(22)23/h5-6,8-9,12H,2-4,7H2,1H3,(H,22,23)(H,18,19,21). The normalized spacial score (nSPS) is 17.4. The van der Waals surface area contributed by atoms with E-state index in [0.29, 0.717) is 36.6 Å². The van der Waals surface area contributed by atoms with Crippen molar-refractivity contribution in [1.82, 2.24) is 15.0 Å². The SMILES string of the molecule is CCc1cc(=O)[nH]c(-c2ccc(N3CCCC3C(=O)O)nc2)n1. The van der Waals surface area contributed by atoms with Crippen LogP contribution in [0.1, 0.15) is 25.5 Å². The van der Waals surface area contributed by atoms with Crippen LogP contribution in [0.4, 0.5) is 5.82 Å². The second-order valence-corrected chi connectivity index (χ2v) is 5.53. The van der Waals surface area contributed by atoms with Gasteiger partial charge in [0.25, 0.3) is 5.56 Å². The topological polar surface area (TPSA) is 99.2 Å². The van der Waals surface area contributed by atoms with Gasteiger partial charge in [-0.05, 0) is 31.4 Å². The molecule has 3 rings (SSSR count). The number of aliphatic carboxylic acids is 1. The molecule has 2 aromatic heterocycles. The lowest BCUT2D eigenvalue weighted by molar-refractivity contribution is -0.138. The number of carboxylic acid groups (broad SMARTS) is 1. The Bertz CT molecular complexity index is 770. The molecule has 3 heterocycles. The summed E-state index contributed by atoms with van der Waals surface area (Å²) in [7, 11) is 0. The van der Waals surface area contributed by atoms with Gasteiger partial charge in [-0.1, -0.05) is 6.92 Å². The number of aromatic amines is 1. The lowest BCUT2D eigenvalue weighted by Crippen LogP contribution is -2.36. The predicted molar refractivity (Wildman–Crippen MR) is 85.5 cm³/mol. The number of nitrogens with one attached hydrogen (secondary N) is 1. The Hall–Kier alpha value is -2.70. The highest BCUT2D eigenvalue weighted by Crippen LogP contribution is 2.25. The molecule has 7 heteroatoms. The van der Waals surface area contributed by atoms with Gasteiger partial charge < -0.3 is 15.0 Å². The molecule has 1 fully saturated rings. The van der Waals surface area contributed by atoms with Crippen LogP contribution in [0.25, 0.3) is 11.4 Å². The van der Waals surface area contributed by atoms with Crippen LogP contribution in [0.15, 0.2) is 29.2 Å². The minimum absolute atomic E-state index is 0.193. The molecule has 0 bridgehead atoms. The summed E-state index contributed by atoms with van der Waals surface area (Å²) < 4.78 is 0. The van der Waals surface area contributed by atoms with Gasteiger partial charge in [0.05, 0.1) is 0 Å². The zero-order valence-electron chi connectivity index (χ0n) is 12.8. The fraction of sp³-hybridized carbons (Fsp3) is 0.375. The molecule has 0 radical (unpaired) electrons. The van der Waals surface area contributed by atoms with Gasteiger partial charge in [0.15, 0.2) is 0 Å². The lowest BCUT2D eigenvalue weighted by Gasteiger charge is -2.22. The first-order valence-corrected chi connectivity index (χ1v) is 7.64. The average Bonchev–Trinajstić information content (AvgIpc) is 3.04. The molecule has 1 atom stereocenters. The maximum absolute atomic E-state index is 11.6. The Kier molecular flexibility index (Phi) is 4.10. The summed E-state index contributed by atoms with van der Waals surface area (Å²) in [4.78, 5) is 36.2. The van der Waals surface area contributed by atoms with Crippen molar-refractivity contribution in [2.24, 2.45) is 0 Å². The van der Waals surface area contributed by atoms with Gasteiger partial charge in [-0.2, -0.15) is 0 Å². The maximum atomic E-state index is 11.6. The molecule has 0 aromatic carbocycles. The van der Waals surface area contributed by atoms with E-state index < -0.39 is 12.0 Å². The number of hydrogen-bond donors (Lipinski definition) is 2. The molecule has 1 aliphatic heterocycles. The minimum Gasteiger partial charge on any atom is -0.480 e. The van der Waals surface area contributed by atoms with Gasteiger partial charge in [0, 0.05) is 30.1 Å². The van der Waals surface area contributed by atoms with E-state index >= 15 is 0 Å². The largest absolute Gasteiger partial charge is 0.480 e. The van der Waals surface area contributed by atoms with Crippen LogP contribution in [0.3, 0.4) is 0 Å². The molecule has 0 saturated carbocycles. The van der Waals surface area contributed by atoms with E-state index in [4.69, 9.17) is 0 Å². The zero-order chi connectivity index (χ0) is 16.4. The van der Waals surface area contributed by atoms with Crippen LogP contribution in [0.5, 0.6) is 0 Å². The Morgan fingerprint density at radius 2 is 2.30 bits per heavy atom. The average molecular weight is 314 g/mol. The number of H-pyrrole nitrogens is 1. The van der Waals surface area contributed by atoms with Crippen molar-refractivity contribution in [3.63, 3.8) is 0 Å². The van der Waals surface area contributed by atoms with Gasteiger partial charge in [-0.25, -0.2) is 14.8 Å². The van der Waals surface area contributed by atoms with Gasteiger partial charge in [-0.3, -0.25) is 4.79 Å². The zero-order valence-corrected chi connectivity index (χ0v) is 12.8. The third-order valence-electron chi connectivity index (χ3n) is 4.01. The second kappa shape index (κ2) is 6.20. The number of hydrogen-bond acceptors (Lipinski definition) is 5. The summed E-state index contributed by atoms with van der Waals surface area (Å²) in [5.41, 5.74) is 1.23. The molecule has 1 saturated heterocycles. The lowest BCUT2D eigenvalue weighted by atomic mass is 10.2.